The fourth-order valence-electron chi connectivity index (χ4n) is 2.94. The molecule has 0 atom stereocenters. The van der Waals surface area contributed by atoms with E-state index in [-0.39, 0.29) is 0 Å². The summed E-state index contributed by atoms with van der Waals surface area (Å²) < 4.78 is 2.05. The minimum absolute atomic E-state index is 0.437. The largest absolute Gasteiger partial charge is 0.384 e. The highest BCUT2D eigenvalue weighted by atomic mass is 16.7. The van der Waals surface area contributed by atoms with Crippen LogP contribution >= 0.6 is 0 Å². The summed E-state index contributed by atoms with van der Waals surface area (Å²) in [5, 5.41) is 9.46. The molecule has 2 aromatic rings. The molecule has 2 aliphatic heterocycles. The molecule has 2 aromatic heterocycles. The van der Waals surface area contributed by atoms with Crippen molar-refractivity contribution in [3.63, 3.8) is 0 Å². The van der Waals surface area contributed by atoms with Crippen LogP contribution in [0.2, 0.25) is 0 Å². The summed E-state index contributed by atoms with van der Waals surface area (Å²) in [6.45, 7) is 2.07. The molecule has 8 heteroatoms. The quantitative estimate of drug-likeness (QED) is 0.783. The Bertz CT molecular complexity index is 712. The predicted octanol–water partition coefficient (Wildman–Crippen LogP) is 1.18. The van der Waals surface area contributed by atoms with E-state index < -0.39 is 0 Å². The van der Waals surface area contributed by atoms with Gasteiger partial charge in [-0.1, -0.05) is 0 Å². The summed E-state index contributed by atoms with van der Waals surface area (Å²) in [6.07, 6.45) is 11.1. The maximum Gasteiger partial charge on any atom is 0.139 e. The van der Waals surface area contributed by atoms with E-state index in [0.29, 0.717) is 11.9 Å². The molecule has 0 unspecified atom stereocenters. The Morgan fingerprint density at radius 2 is 2.13 bits per heavy atom. The van der Waals surface area contributed by atoms with Crippen LogP contribution in [0.1, 0.15) is 18.9 Å². The van der Waals surface area contributed by atoms with Crippen LogP contribution in [0.15, 0.2) is 37.1 Å². The number of rotatable bonds is 3. The van der Waals surface area contributed by atoms with E-state index in [1.54, 1.807) is 29.9 Å². The zero-order chi connectivity index (χ0) is 15.6. The smallest absolute Gasteiger partial charge is 0.139 e. The molecule has 0 saturated carbocycles. The molecule has 0 aliphatic carbocycles. The Balaban J connectivity index is 1.66. The van der Waals surface area contributed by atoms with Gasteiger partial charge in [0.05, 0.1) is 18.4 Å². The topological polar surface area (TPSA) is 93.3 Å². The van der Waals surface area contributed by atoms with E-state index in [4.69, 9.17) is 10.6 Å². The third kappa shape index (κ3) is 2.68. The minimum Gasteiger partial charge on any atom is -0.384 e. The van der Waals surface area contributed by atoms with Crippen LogP contribution in [0.5, 0.6) is 0 Å². The average molecular weight is 313 g/mol. The molecule has 1 fully saturated rings. The third-order valence-corrected chi connectivity index (χ3v) is 4.14. The van der Waals surface area contributed by atoms with Crippen LogP contribution in [0.4, 0.5) is 11.5 Å². The molecule has 4 rings (SSSR count). The van der Waals surface area contributed by atoms with Crippen molar-refractivity contribution in [3.05, 3.63) is 37.1 Å². The number of nitrogen functional groups attached to an aromatic ring is 1. The summed E-state index contributed by atoms with van der Waals surface area (Å²) in [6, 6.07) is 2.22. The van der Waals surface area contributed by atoms with Gasteiger partial charge in [0.15, 0.2) is 0 Å². The summed E-state index contributed by atoms with van der Waals surface area (Å²) in [7, 11) is 0. The van der Waals surface area contributed by atoms with Gasteiger partial charge in [-0.15, -0.1) is 5.17 Å². The Morgan fingerprint density at radius 3 is 2.91 bits per heavy atom. The van der Waals surface area contributed by atoms with E-state index in [9.17, 15) is 0 Å². The summed E-state index contributed by atoms with van der Waals surface area (Å²) >= 11 is 0. The number of pyridine rings is 1. The van der Waals surface area contributed by atoms with E-state index >= 15 is 0 Å². The van der Waals surface area contributed by atoms with Crippen molar-refractivity contribution in [3.8, 4) is 11.1 Å². The van der Waals surface area contributed by atoms with E-state index in [1.807, 2.05) is 10.9 Å². The van der Waals surface area contributed by atoms with Crippen LogP contribution in [0.3, 0.4) is 0 Å². The van der Waals surface area contributed by atoms with Crippen LogP contribution < -0.4 is 21.6 Å². The first-order chi connectivity index (χ1) is 11.3. The maximum absolute atomic E-state index is 5.83. The number of anilines is 2. The molecule has 0 bridgehead atoms. The number of piperidine rings is 1. The molecule has 23 heavy (non-hydrogen) atoms. The van der Waals surface area contributed by atoms with Crippen molar-refractivity contribution in [2.24, 2.45) is 0 Å². The summed E-state index contributed by atoms with van der Waals surface area (Å²) in [5.74, 6) is 0.437. The van der Waals surface area contributed by atoms with E-state index in [2.05, 4.69) is 27.0 Å². The monoisotopic (exact) mass is 313 g/mol. The highest BCUT2D eigenvalue weighted by molar-refractivity contribution is 5.78. The van der Waals surface area contributed by atoms with Gasteiger partial charge < -0.3 is 15.9 Å². The number of hydrazine groups is 1. The Kier molecular flexibility index (Phi) is 3.51. The second-order valence-corrected chi connectivity index (χ2v) is 5.65. The van der Waals surface area contributed by atoms with Crippen molar-refractivity contribution >= 4 is 11.5 Å². The normalized spacial score (nSPS) is 18.0. The van der Waals surface area contributed by atoms with E-state index in [0.717, 1.165) is 42.7 Å². The molecule has 0 radical (unpaired) electrons. The maximum atomic E-state index is 5.83. The van der Waals surface area contributed by atoms with Crippen LogP contribution in [-0.2, 0) is 4.84 Å². The Hall–Kier alpha value is -2.74. The van der Waals surface area contributed by atoms with Crippen molar-refractivity contribution in [1.29, 1.82) is 0 Å². The second kappa shape index (κ2) is 5.81. The first-order valence-electron chi connectivity index (χ1n) is 7.70. The molecule has 4 N–H and O–H groups in total. The highest BCUT2D eigenvalue weighted by Gasteiger charge is 2.20. The molecule has 2 aliphatic rings. The van der Waals surface area contributed by atoms with Gasteiger partial charge in [-0.05, 0) is 25.9 Å². The van der Waals surface area contributed by atoms with Crippen molar-refractivity contribution in [2.75, 3.05) is 24.0 Å². The second-order valence-electron chi connectivity index (χ2n) is 5.65. The third-order valence-electron chi connectivity index (χ3n) is 4.14. The lowest BCUT2D eigenvalue weighted by atomic mass is 10.1. The van der Waals surface area contributed by atoms with Gasteiger partial charge in [0, 0.05) is 29.6 Å². The number of aromatic nitrogens is 3. The van der Waals surface area contributed by atoms with Gasteiger partial charge in [-0.3, -0.25) is 10.1 Å². The lowest BCUT2D eigenvalue weighted by molar-refractivity contribution is 0.222. The van der Waals surface area contributed by atoms with Crippen molar-refractivity contribution in [2.45, 2.75) is 18.9 Å². The van der Waals surface area contributed by atoms with Crippen LogP contribution in [0, 0.1) is 0 Å². The van der Waals surface area contributed by atoms with Crippen molar-refractivity contribution in [1.82, 2.24) is 25.5 Å². The average Bonchev–Trinajstić information content (AvgIpc) is 3.27. The molecule has 0 spiro atoms. The predicted molar refractivity (Wildman–Crippen MR) is 86.9 cm³/mol. The SMILES string of the molecule is Nc1cc(N2NC=CO2)c(-c2cnn(C3CCNCC3)c2)cn1. The molecule has 4 heterocycles. The minimum atomic E-state index is 0.437. The molecule has 8 nitrogen and oxygen atoms in total. The fraction of sp³-hybridized carbons (Fsp3) is 0.333. The zero-order valence-electron chi connectivity index (χ0n) is 12.6. The standard InChI is InChI=1S/C15H19N7O/c16-15-7-14(22-19-5-6-23-22)13(9-18-15)11-8-20-21(10-11)12-1-3-17-4-2-12/h5-10,12,17,19H,1-4H2,(H2,16,18). The highest BCUT2D eigenvalue weighted by Crippen LogP contribution is 2.32. The Labute approximate surface area is 133 Å². The number of hydrogen-bond acceptors (Lipinski definition) is 7. The number of nitrogens with one attached hydrogen (secondary N) is 2. The van der Waals surface area contributed by atoms with Gasteiger partial charge in [0.25, 0.3) is 0 Å². The molecular formula is C15H19N7O. The molecule has 120 valence electrons. The number of nitrogens with zero attached hydrogens (tertiary/aromatic N) is 4. The summed E-state index contributed by atoms with van der Waals surface area (Å²) in [4.78, 5) is 9.61. The Morgan fingerprint density at radius 1 is 1.26 bits per heavy atom. The van der Waals surface area contributed by atoms with Gasteiger partial charge in [-0.2, -0.15) is 5.10 Å². The van der Waals surface area contributed by atoms with Crippen molar-refractivity contribution < 1.29 is 4.84 Å². The van der Waals surface area contributed by atoms with Gasteiger partial charge in [0.1, 0.15) is 17.8 Å². The first kappa shape index (κ1) is 13.9. The fourth-order valence-corrected chi connectivity index (χ4v) is 2.94. The zero-order valence-corrected chi connectivity index (χ0v) is 12.6. The number of nitrogens with two attached hydrogens (primary N) is 1. The van der Waals surface area contributed by atoms with Crippen LogP contribution in [0.25, 0.3) is 11.1 Å². The number of hydrogen-bond donors (Lipinski definition) is 3. The lowest BCUT2D eigenvalue weighted by Crippen LogP contribution is -2.29. The molecule has 0 aromatic carbocycles. The van der Waals surface area contributed by atoms with Gasteiger partial charge >= 0.3 is 0 Å². The van der Waals surface area contributed by atoms with Gasteiger partial charge in [0.2, 0.25) is 0 Å². The molecular weight excluding hydrogens is 294 g/mol. The van der Waals surface area contributed by atoms with Gasteiger partial charge in [-0.25, -0.2) is 4.98 Å². The summed E-state index contributed by atoms with van der Waals surface area (Å²) in [5.41, 5.74) is 11.5. The van der Waals surface area contributed by atoms with E-state index in [1.165, 1.54) is 0 Å². The molecule has 0 amide bonds. The lowest BCUT2D eigenvalue weighted by Gasteiger charge is -2.23. The first-order valence-corrected chi connectivity index (χ1v) is 7.70. The van der Waals surface area contributed by atoms with Crippen LogP contribution in [-0.4, -0.2) is 27.9 Å². The molecule has 1 saturated heterocycles.